The Morgan fingerprint density at radius 3 is 2.63 bits per heavy atom. The van der Waals surface area contributed by atoms with Crippen LogP contribution in [0.15, 0.2) is 53.6 Å². The molecule has 7 nitrogen and oxygen atoms in total. The van der Waals surface area contributed by atoms with Crippen LogP contribution in [0.1, 0.15) is 18.5 Å². The molecule has 0 radical (unpaired) electrons. The van der Waals surface area contributed by atoms with Crippen LogP contribution in [-0.4, -0.2) is 69.1 Å². The number of methoxy groups -OCH3 is 1. The van der Waals surface area contributed by atoms with Crippen molar-refractivity contribution in [2.75, 3.05) is 46.5 Å². The maximum Gasteiger partial charge on any atom is 0.246 e. The molecule has 0 atom stereocenters. The van der Waals surface area contributed by atoms with Gasteiger partial charge in [-0.1, -0.05) is 18.2 Å². The van der Waals surface area contributed by atoms with Gasteiger partial charge in [0.2, 0.25) is 10.0 Å². The van der Waals surface area contributed by atoms with Crippen molar-refractivity contribution in [3.05, 3.63) is 54.4 Å². The third kappa shape index (κ3) is 4.51. The molecule has 0 bridgehead atoms. The molecule has 162 valence electrons. The molecule has 1 spiro atoms. The molecule has 1 aromatic carbocycles. The summed E-state index contributed by atoms with van der Waals surface area (Å²) < 4.78 is 39.7. The summed E-state index contributed by atoms with van der Waals surface area (Å²) in [6, 6.07) is 12.9. The minimum Gasteiger partial charge on any atom is -0.492 e. The number of hydrogen-bond donors (Lipinski definition) is 0. The molecule has 2 aromatic rings. The van der Waals surface area contributed by atoms with Crippen molar-refractivity contribution in [2.24, 2.45) is 5.41 Å². The first kappa shape index (κ1) is 21.2. The smallest absolute Gasteiger partial charge is 0.246 e. The Balaban J connectivity index is 1.54. The molecule has 1 fully saturated rings. The Bertz CT molecular complexity index is 944. The summed E-state index contributed by atoms with van der Waals surface area (Å²) in [7, 11) is -2.05. The first-order valence-corrected chi connectivity index (χ1v) is 11.8. The number of benzene rings is 1. The molecule has 1 saturated heterocycles. The molecule has 0 unspecified atom stereocenters. The van der Waals surface area contributed by atoms with Crippen molar-refractivity contribution in [1.82, 2.24) is 14.2 Å². The van der Waals surface area contributed by atoms with Crippen LogP contribution < -0.4 is 4.74 Å². The maximum absolute atomic E-state index is 13.4. The largest absolute Gasteiger partial charge is 0.492 e. The van der Waals surface area contributed by atoms with Gasteiger partial charge in [0.25, 0.3) is 0 Å². The Labute approximate surface area is 178 Å². The number of ether oxygens (including phenoxy) is 2. The van der Waals surface area contributed by atoms with E-state index in [1.807, 2.05) is 30.5 Å². The van der Waals surface area contributed by atoms with Gasteiger partial charge in [-0.3, -0.25) is 9.88 Å². The van der Waals surface area contributed by atoms with E-state index >= 15 is 0 Å². The fourth-order valence-electron chi connectivity index (χ4n) is 4.26. The molecule has 0 saturated carbocycles. The third-order valence-electron chi connectivity index (χ3n) is 6.09. The second kappa shape index (κ2) is 9.01. The molecule has 2 aliphatic heterocycles. The van der Waals surface area contributed by atoms with Crippen molar-refractivity contribution in [3.63, 3.8) is 0 Å². The van der Waals surface area contributed by atoms with E-state index in [0.717, 1.165) is 38.2 Å². The summed E-state index contributed by atoms with van der Waals surface area (Å²) in [5.41, 5.74) is 0.843. The van der Waals surface area contributed by atoms with Crippen LogP contribution in [0.5, 0.6) is 5.75 Å². The van der Waals surface area contributed by atoms with E-state index in [0.29, 0.717) is 32.1 Å². The Hall–Kier alpha value is -2.00. The molecule has 2 aliphatic rings. The van der Waals surface area contributed by atoms with Crippen molar-refractivity contribution in [1.29, 1.82) is 0 Å². The predicted molar refractivity (Wildman–Crippen MR) is 114 cm³/mol. The summed E-state index contributed by atoms with van der Waals surface area (Å²) in [6.07, 6.45) is 3.57. The summed E-state index contributed by atoms with van der Waals surface area (Å²) >= 11 is 0. The van der Waals surface area contributed by atoms with Gasteiger partial charge in [0, 0.05) is 38.4 Å². The van der Waals surface area contributed by atoms with Crippen LogP contribution in [0.3, 0.4) is 0 Å². The Morgan fingerprint density at radius 1 is 1.13 bits per heavy atom. The molecular weight excluding hydrogens is 402 g/mol. The normalized spacial score (nSPS) is 21.4. The quantitative estimate of drug-likeness (QED) is 0.724. The highest BCUT2D eigenvalue weighted by Crippen LogP contribution is 2.39. The second-order valence-electron chi connectivity index (χ2n) is 8.16. The summed E-state index contributed by atoms with van der Waals surface area (Å²) in [5, 5.41) is 0. The lowest BCUT2D eigenvalue weighted by Crippen LogP contribution is -2.52. The molecule has 30 heavy (non-hydrogen) atoms. The highest BCUT2D eigenvalue weighted by molar-refractivity contribution is 7.89. The molecule has 1 aromatic heterocycles. The number of hydrogen-bond acceptors (Lipinski definition) is 6. The van der Waals surface area contributed by atoms with Crippen molar-refractivity contribution in [2.45, 2.75) is 24.3 Å². The second-order valence-corrected chi connectivity index (χ2v) is 10.1. The standard InChI is InChI=1S/C22H29N3O4S/c1-28-15-14-25-17-22(18-29-20-7-2-3-8-21(20)30(25,26)27)9-12-24(13-10-22)16-19-6-4-5-11-23-19/h2-8,11H,9-10,12-18H2,1H3. The average Bonchev–Trinajstić information content (AvgIpc) is 2.77. The molecule has 0 N–H and O–H groups in total. The minimum atomic E-state index is -3.65. The van der Waals surface area contributed by atoms with Gasteiger partial charge in [-0.25, -0.2) is 8.42 Å². The number of fused-ring (bicyclic) bond motifs is 1. The summed E-state index contributed by atoms with van der Waals surface area (Å²) in [6.45, 7) is 4.26. The first-order valence-electron chi connectivity index (χ1n) is 10.4. The summed E-state index contributed by atoms with van der Waals surface area (Å²) in [4.78, 5) is 7.05. The highest BCUT2D eigenvalue weighted by Gasteiger charge is 2.42. The zero-order chi connectivity index (χ0) is 21.0. The van der Waals surface area contributed by atoms with Crippen LogP contribution >= 0.6 is 0 Å². The van der Waals surface area contributed by atoms with Gasteiger partial charge >= 0.3 is 0 Å². The van der Waals surface area contributed by atoms with Gasteiger partial charge in [-0.05, 0) is 50.2 Å². The van der Waals surface area contributed by atoms with Crippen LogP contribution in [0.25, 0.3) is 0 Å². The van der Waals surface area contributed by atoms with Crippen LogP contribution in [0.4, 0.5) is 0 Å². The lowest BCUT2D eigenvalue weighted by molar-refractivity contribution is 0.0286. The van der Waals surface area contributed by atoms with E-state index < -0.39 is 10.0 Å². The van der Waals surface area contributed by atoms with E-state index in [4.69, 9.17) is 9.47 Å². The number of piperidine rings is 1. The monoisotopic (exact) mass is 431 g/mol. The topological polar surface area (TPSA) is 72.0 Å². The van der Waals surface area contributed by atoms with Gasteiger partial charge in [-0.2, -0.15) is 4.31 Å². The van der Waals surface area contributed by atoms with E-state index in [1.165, 1.54) is 0 Å². The lowest BCUT2D eigenvalue weighted by atomic mass is 9.78. The fraction of sp³-hybridized carbons (Fsp3) is 0.500. The Kier molecular flexibility index (Phi) is 6.38. The van der Waals surface area contributed by atoms with Gasteiger partial charge in [-0.15, -0.1) is 0 Å². The van der Waals surface area contributed by atoms with E-state index in [2.05, 4.69) is 9.88 Å². The number of sulfonamides is 1. The van der Waals surface area contributed by atoms with E-state index in [-0.39, 0.29) is 10.3 Å². The van der Waals surface area contributed by atoms with Crippen molar-refractivity contribution in [3.8, 4) is 5.75 Å². The van der Waals surface area contributed by atoms with Gasteiger partial charge in [0.15, 0.2) is 0 Å². The highest BCUT2D eigenvalue weighted by atomic mass is 32.2. The number of likely N-dealkylation sites (tertiary alicyclic amines) is 1. The molecule has 3 heterocycles. The SMILES string of the molecule is COCCN1CC2(CCN(Cc3ccccn3)CC2)COc2ccccc2S1(=O)=O. The molecule has 4 rings (SSSR count). The van der Waals surface area contributed by atoms with E-state index in [9.17, 15) is 8.42 Å². The molecule has 0 amide bonds. The van der Waals surface area contributed by atoms with Gasteiger partial charge < -0.3 is 9.47 Å². The van der Waals surface area contributed by atoms with Crippen molar-refractivity contribution < 1.29 is 17.9 Å². The van der Waals surface area contributed by atoms with Crippen molar-refractivity contribution >= 4 is 10.0 Å². The first-order chi connectivity index (χ1) is 14.5. The zero-order valence-corrected chi connectivity index (χ0v) is 18.2. The zero-order valence-electron chi connectivity index (χ0n) is 17.4. The number of pyridine rings is 1. The molecule has 8 heteroatoms. The van der Waals surface area contributed by atoms with Gasteiger partial charge in [0.05, 0.1) is 18.9 Å². The fourth-order valence-corrected chi connectivity index (χ4v) is 5.93. The minimum absolute atomic E-state index is 0.213. The number of nitrogens with zero attached hydrogens (tertiary/aromatic N) is 3. The van der Waals surface area contributed by atoms with Crippen LogP contribution in [0, 0.1) is 5.41 Å². The maximum atomic E-state index is 13.4. The number of para-hydroxylation sites is 1. The predicted octanol–water partition coefficient (Wildman–Crippen LogP) is 2.39. The number of aromatic nitrogens is 1. The van der Waals surface area contributed by atoms with E-state index in [1.54, 1.807) is 29.6 Å². The third-order valence-corrected chi connectivity index (χ3v) is 7.97. The van der Waals surface area contributed by atoms with Crippen LogP contribution in [-0.2, 0) is 21.3 Å². The Morgan fingerprint density at radius 2 is 1.90 bits per heavy atom. The average molecular weight is 432 g/mol. The van der Waals surface area contributed by atoms with Gasteiger partial charge in [0.1, 0.15) is 10.6 Å². The number of rotatable bonds is 5. The summed E-state index contributed by atoms with van der Waals surface area (Å²) in [5.74, 6) is 0.440. The van der Waals surface area contributed by atoms with Crippen LogP contribution in [0.2, 0.25) is 0 Å². The molecule has 0 aliphatic carbocycles. The lowest BCUT2D eigenvalue weighted by Gasteiger charge is -2.45. The molecular formula is C22H29N3O4S.